The maximum Gasteiger partial charge on any atom is 0.259 e. The van der Waals surface area contributed by atoms with Crippen LogP contribution in [0, 0.1) is 5.92 Å². The summed E-state index contributed by atoms with van der Waals surface area (Å²) in [6.07, 6.45) is 3.44. The molecule has 0 N–H and O–H groups in total. The number of hydrogen-bond acceptors (Lipinski definition) is 5. The minimum absolute atomic E-state index is 0.0392. The molecule has 0 saturated carbocycles. The van der Waals surface area contributed by atoms with Crippen molar-refractivity contribution in [3.63, 3.8) is 0 Å². The van der Waals surface area contributed by atoms with Crippen LogP contribution in [0.1, 0.15) is 23.2 Å². The van der Waals surface area contributed by atoms with Crippen molar-refractivity contribution in [3.05, 3.63) is 23.9 Å². The lowest BCUT2D eigenvalue weighted by molar-refractivity contribution is -0.0969. The van der Waals surface area contributed by atoms with E-state index < -0.39 is 0 Å². The van der Waals surface area contributed by atoms with Crippen LogP contribution in [0.5, 0.6) is 5.88 Å². The predicted molar refractivity (Wildman–Crippen MR) is 75.1 cm³/mol. The molecular weight excluding hydrogens is 272 g/mol. The number of nitrogens with zero attached hydrogens (tertiary/aromatic N) is 2. The van der Waals surface area contributed by atoms with E-state index in [1.807, 2.05) is 4.90 Å². The smallest absolute Gasteiger partial charge is 0.259 e. The number of methoxy groups -OCH3 is 1. The Kier molecular flexibility index (Phi) is 4.36. The minimum atomic E-state index is -0.170. The van der Waals surface area contributed by atoms with Gasteiger partial charge in [-0.15, -0.1) is 0 Å². The van der Waals surface area contributed by atoms with Gasteiger partial charge in [-0.1, -0.05) is 0 Å². The molecule has 114 valence electrons. The lowest BCUT2D eigenvalue weighted by Gasteiger charge is -2.34. The Morgan fingerprint density at radius 2 is 2.24 bits per heavy atom. The quantitative estimate of drug-likeness (QED) is 0.841. The van der Waals surface area contributed by atoms with Crippen LogP contribution in [0.15, 0.2) is 18.3 Å². The summed E-state index contributed by atoms with van der Waals surface area (Å²) in [4.78, 5) is 18.6. The summed E-state index contributed by atoms with van der Waals surface area (Å²) in [6.45, 7) is 2.69. The Hall–Kier alpha value is -1.66. The van der Waals surface area contributed by atoms with E-state index in [-0.39, 0.29) is 18.1 Å². The number of piperidine rings is 1. The van der Waals surface area contributed by atoms with E-state index in [0.29, 0.717) is 31.2 Å². The van der Waals surface area contributed by atoms with Crippen LogP contribution in [0.3, 0.4) is 0 Å². The Morgan fingerprint density at radius 1 is 1.43 bits per heavy atom. The molecule has 3 heterocycles. The monoisotopic (exact) mass is 292 g/mol. The lowest BCUT2D eigenvalue weighted by Crippen LogP contribution is -2.44. The van der Waals surface area contributed by atoms with Crippen LogP contribution in [0.2, 0.25) is 0 Å². The van der Waals surface area contributed by atoms with Gasteiger partial charge in [-0.3, -0.25) is 4.79 Å². The van der Waals surface area contributed by atoms with Crippen LogP contribution in [-0.4, -0.2) is 55.5 Å². The molecule has 0 spiro atoms. The van der Waals surface area contributed by atoms with Gasteiger partial charge in [0.25, 0.3) is 5.91 Å². The Bertz CT molecular complexity index is 502. The van der Waals surface area contributed by atoms with Crippen molar-refractivity contribution in [1.82, 2.24) is 9.88 Å². The third-order valence-electron chi connectivity index (χ3n) is 3.97. The number of hydrogen-bond donors (Lipinski definition) is 0. The van der Waals surface area contributed by atoms with Gasteiger partial charge >= 0.3 is 0 Å². The van der Waals surface area contributed by atoms with Gasteiger partial charge in [0, 0.05) is 25.2 Å². The van der Waals surface area contributed by atoms with Crippen LogP contribution < -0.4 is 4.74 Å². The van der Waals surface area contributed by atoms with Gasteiger partial charge in [0.05, 0.1) is 20.3 Å². The van der Waals surface area contributed by atoms with Crippen LogP contribution >= 0.6 is 0 Å². The zero-order valence-electron chi connectivity index (χ0n) is 12.2. The Balaban J connectivity index is 1.71. The number of ether oxygens (including phenoxy) is 3. The topological polar surface area (TPSA) is 60.9 Å². The van der Waals surface area contributed by atoms with Gasteiger partial charge in [-0.2, -0.15) is 0 Å². The molecule has 0 aliphatic carbocycles. The van der Waals surface area contributed by atoms with Gasteiger partial charge in [-0.05, 0) is 25.0 Å². The van der Waals surface area contributed by atoms with Crippen molar-refractivity contribution in [3.8, 4) is 5.88 Å². The van der Waals surface area contributed by atoms with Crippen LogP contribution in [0.4, 0.5) is 0 Å². The van der Waals surface area contributed by atoms with Gasteiger partial charge in [0.1, 0.15) is 5.56 Å². The molecular formula is C15H20N2O4. The zero-order chi connectivity index (χ0) is 14.7. The molecule has 6 heteroatoms. The van der Waals surface area contributed by atoms with E-state index >= 15 is 0 Å². The van der Waals surface area contributed by atoms with Crippen molar-refractivity contribution in [2.45, 2.75) is 19.1 Å². The lowest BCUT2D eigenvalue weighted by atomic mass is 9.97. The van der Waals surface area contributed by atoms with Gasteiger partial charge < -0.3 is 19.1 Å². The molecule has 0 radical (unpaired) electrons. The van der Waals surface area contributed by atoms with E-state index in [1.165, 1.54) is 7.11 Å². The average molecular weight is 292 g/mol. The van der Waals surface area contributed by atoms with E-state index in [4.69, 9.17) is 14.2 Å². The third-order valence-corrected chi connectivity index (χ3v) is 3.97. The zero-order valence-corrected chi connectivity index (χ0v) is 12.2. The maximum atomic E-state index is 12.7. The summed E-state index contributed by atoms with van der Waals surface area (Å²) in [5, 5.41) is 0. The molecule has 1 aromatic rings. The fourth-order valence-corrected chi connectivity index (χ4v) is 2.95. The molecule has 2 saturated heterocycles. The second kappa shape index (κ2) is 6.41. The molecule has 1 atom stereocenters. The van der Waals surface area contributed by atoms with Gasteiger partial charge in [0.2, 0.25) is 5.88 Å². The largest absolute Gasteiger partial charge is 0.480 e. The number of carbonyl (C=O) groups excluding carboxylic acids is 1. The first-order valence-electron chi connectivity index (χ1n) is 7.31. The van der Waals surface area contributed by atoms with Crippen molar-refractivity contribution in [1.29, 1.82) is 0 Å². The summed E-state index contributed by atoms with van der Waals surface area (Å²) in [5.74, 6) is 0.577. The predicted octanol–water partition coefficient (Wildman–Crippen LogP) is 1.32. The van der Waals surface area contributed by atoms with Crippen molar-refractivity contribution >= 4 is 5.91 Å². The summed E-state index contributed by atoms with van der Waals surface area (Å²) >= 11 is 0. The number of rotatable bonds is 3. The molecule has 3 rings (SSSR count). The molecule has 1 aromatic heterocycles. The average Bonchev–Trinajstić information content (AvgIpc) is 3.09. The molecule has 2 aliphatic heterocycles. The highest BCUT2D eigenvalue weighted by Crippen LogP contribution is 2.27. The molecule has 1 unspecified atom stereocenters. The Labute approximate surface area is 124 Å². The number of carbonyl (C=O) groups is 1. The molecule has 0 aromatic carbocycles. The number of amides is 1. The first-order valence-corrected chi connectivity index (χ1v) is 7.31. The minimum Gasteiger partial charge on any atom is -0.480 e. The fourth-order valence-electron chi connectivity index (χ4n) is 2.95. The molecule has 2 aliphatic rings. The summed E-state index contributed by atoms with van der Waals surface area (Å²) in [5.41, 5.74) is 0.508. The highest BCUT2D eigenvalue weighted by molar-refractivity contribution is 5.96. The normalized spacial score (nSPS) is 23.3. The fraction of sp³-hybridized carbons (Fsp3) is 0.600. The van der Waals surface area contributed by atoms with Gasteiger partial charge in [0.15, 0.2) is 6.29 Å². The van der Waals surface area contributed by atoms with E-state index in [9.17, 15) is 4.79 Å². The second-order valence-corrected chi connectivity index (χ2v) is 5.32. The third kappa shape index (κ3) is 3.01. The maximum absolute atomic E-state index is 12.7. The molecule has 21 heavy (non-hydrogen) atoms. The molecule has 0 bridgehead atoms. The van der Waals surface area contributed by atoms with Crippen LogP contribution in [0.25, 0.3) is 0 Å². The van der Waals surface area contributed by atoms with E-state index in [2.05, 4.69) is 4.98 Å². The highest BCUT2D eigenvalue weighted by Gasteiger charge is 2.33. The molecule has 2 fully saturated rings. The van der Waals surface area contributed by atoms with Crippen molar-refractivity contribution in [2.24, 2.45) is 5.92 Å². The van der Waals surface area contributed by atoms with Gasteiger partial charge in [-0.25, -0.2) is 4.98 Å². The standard InChI is InChI=1S/C15H20N2O4/c1-19-13-12(5-2-6-16-13)14(18)17-7-3-4-11(10-17)15-20-8-9-21-15/h2,5-6,11,15H,3-4,7-10H2,1H3. The summed E-state index contributed by atoms with van der Waals surface area (Å²) in [6, 6.07) is 3.50. The first-order chi connectivity index (χ1) is 10.3. The number of aromatic nitrogens is 1. The first kappa shape index (κ1) is 14.3. The molecule has 6 nitrogen and oxygen atoms in total. The molecule has 1 amide bonds. The van der Waals surface area contributed by atoms with E-state index in [0.717, 1.165) is 19.4 Å². The number of likely N-dealkylation sites (tertiary alicyclic amines) is 1. The highest BCUT2D eigenvalue weighted by atomic mass is 16.7. The number of pyridine rings is 1. The van der Waals surface area contributed by atoms with Crippen LogP contribution in [-0.2, 0) is 9.47 Å². The van der Waals surface area contributed by atoms with E-state index in [1.54, 1.807) is 18.3 Å². The van der Waals surface area contributed by atoms with Crippen molar-refractivity contribution in [2.75, 3.05) is 33.4 Å². The second-order valence-electron chi connectivity index (χ2n) is 5.32. The summed E-state index contributed by atoms with van der Waals surface area (Å²) in [7, 11) is 1.53. The summed E-state index contributed by atoms with van der Waals surface area (Å²) < 4.78 is 16.3. The Morgan fingerprint density at radius 3 is 3.00 bits per heavy atom. The SMILES string of the molecule is COc1ncccc1C(=O)N1CCCC(C2OCCO2)C1. The van der Waals surface area contributed by atoms with Crippen molar-refractivity contribution < 1.29 is 19.0 Å².